The topological polar surface area (TPSA) is 72.5 Å². The number of carboxylic acid groups (broad SMARTS) is 1. The van der Waals surface area contributed by atoms with Gasteiger partial charge >= 0.3 is 5.97 Å². The quantitative estimate of drug-likeness (QED) is 0.790. The van der Waals surface area contributed by atoms with Crippen molar-refractivity contribution in [2.75, 3.05) is 6.61 Å². The van der Waals surface area contributed by atoms with E-state index in [1.54, 1.807) is 24.3 Å². The highest BCUT2D eigenvalue weighted by atomic mass is 35.5. The van der Waals surface area contributed by atoms with Gasteiger partial charge in [0, 0.05) is 0 Å². The van der Waals surface area contributed by atoms with Crippen molar-refractivity contribution in [3.63, 3.8) is 0 Å². The summed E-state index contributed by atoms with van der Waals surface area (Å²) in [6.45, 7) is -0.0981. The number of halogens is 1. The Labute approximate surface area is 86.2 Å². The smallest absolute Gasteiger partial charge is 0.324 e. The van der Waals surface area contributed by atoms with Crippen LogP contribution >= 0.6 is 11.6 Å². The minimum Gasteiger partial charge on any atom is -0.490 e. The summed E-state index contributed by atoms with van der Waals surface area (Å²) in [4.78, 5) is 10.4. The molecule has 0 saturated heterocycles. The van der Waals surface area contributed by atoms with Crippen LogP contribution in [0.25, 0.3) is 0 Å². The van der Waals surface area contributed by atoms with Crippen LogP contribution in [0.1, 0.15) is 0 Å². The van der Waals surface area contributed by atoms with E-state index in [2.05, 4.69) is 0 Å². The predicted octanol–water partition coefficient (Wildman–Crippen LogP) is 1.13. The van der Waals surface area contributed by atoms with Gasteiger partial charge in [0.25, 0.3) is 0 Å². The minimum atomic E-state index is -1.10. The van der Waals surface area contributed by atoms with E-state index in [9.17, 15) is 4.79 Å². The molecule has 0 aliphatic heterocycles. The van der Waals surface area contributed by atoms with Crippen LogP contribution in [0.5, 0.6) is 5.75 Å². The third-order valence-corrected chi connectivity index (χ3v) is 1.88. The highest BCUT2D eigenvalue weighted by Gasteiger charge is 2.12. The maximum absolute atomic E-state index is 10.4. The summed E-state index contributed by atoms with van der Waals surface area (Å²) in [5.74, 6) is -0.664. The fourth-order valence-electron chi connectivity index (χ4n) is 0.813. The molecule has 1 rings (SSSR count). The molecule has 0 aliphatic carbocycles. The first-order valence-electron chi connectivity index (χ1n) is 3.97. The van der Waals surface area contributed by atoms with Crippen molar-refractivity contribution in [2.45, 2.75) is 6.04 Å². The van der Waals surface area contributed by atoms with E-state index in [4.69, 9.17) is 27.2 Å². The van der Waals surface area contributed by atoms with E-state index in [1.165, 1.54) is 0 Å². The molecule has 76 valence electrons. The predicted molar refractivity (Wildman–Crippen MR) is 52.6 cm³/mol. The Balaban J connectivity index is 2.54. The molecule has 0 saturated carbocycles. The standard InChI is InChI=1S/C9H10ClNO3/c10-6-3-1-2-4-8(6)14-5-7(11)9(12)13/h1-4,7H,5,11H2,(H,12,13)/t7-/m0/s1. The second kappa shape index (κ2) is 4.83. The lowest BCUT2D eigenvalue weighted by molar-refractivity contribution is -0.139. The van der Waals surface area contributed by atoms with Gasteiger partial charge in [0.15, 0.2) is 0 Å². The summed E-state index contributed by atoms with van der Waals surface area (Å²) in [6.07, 6.45) is 0. The fraction of sp³-hybridized carbons (Fsp3) is 0.222. The van der Waals surface area contributed by atoms with E-state index in [0.29, 0.717) is 10.8 Å². The number of hydrogen-bond donors (Lipinski definition) is 2. The number of carboxylic acids is 1. The van der Waals surface area contributed by atoms with Gasteiger partial charge in [-0.15, -0.1) is 0 Å². The van der Waals surface area contributed by atoms with Gasteiger partial charge in [-0.1, -0.05) is 23.7 Å². The molecular weight excluding hydrogens is 206 g/mol. The lowest BCUT2D eigenvalue weighted by Crippen LogP contribution is -2.36. The molecule has 0 heterocycles. The Morgan fingerprint density at radius 2 is 2.21 bits per heavy atom. The first-order chi connectivity index (χ1) is 6.61. The number of rotatable bonds is 4. The van der Waals surface area contributed by atoms with Crippen LogP contribution in [-0.2, 0) is 4.79 Å². The zero-order valence-electron chi connectivity index (χ0n) is 7.31. The van der Waals surface area contributed by atoms with Crippen molar-refractivity contribution >= 4 is 17.6 Å². The first-order valence-corrected chi connectivity index (χ1v) is 4.35. The van der Waals surface area contributed by atoms with Gasteiger partial charge < -0.3 is 15.6 Å². The molecule has 0 spiro atoms. The molecule has 5 heteroatoms. The van der Waals surface area contributed by atoms with Gasteiger partial charge in [-0.3, -0.25) is 4.79 Å². The normalized spacial score (nSPS) is 12.1. The van der Waals surface area contributed by atoms with Crippen molar-refractivity contribution in [3.05, 3.63) is 29.3 Å². The molecule has 0 bridgehead atoms. The fourth-order valence-corrected chi connectivity index (χ4v) is 1.00. The molecule has 0 radical (unpaired) electrons. The molecule has 4 nitrogen and oxygen atoms in total. The number of aliphatic carboxylic acids is 1. The third kappa shape index (κ3) is 2.90. The number of ether oxygens (including phenoxy) is 1. The molecule has 1 aromatic carbocycles. The van der Waals surface area contributed by atoms with Crippen LogP contribution in [0.4, 0.5) is 0 Å². The summed E-state index contributed by atoms with van der Waals surface area (Å²) in [5, 5.41) is 8.93. The van der Waals surface area contributed by atoms with Gasteiger partial charge in [0.2, 0.25) is 0 Å². The average molecular weight is 216 g/mol. The maximum atomic E-state index is 10.4. The van der Waals surface area contributed by atoms with Crippen molar-refractivity contribution in [2.24, 2.45) is 5.73 Å². The van der Waals surface area contributed by atoms with E-state index >= 15 is 0 Å². The van der Waals surface area contributed by atoms with Gasteiger partial charge in [-0.05, 0) is 12.1 Å². The molecule has 0 unspecified atom stereocenters. The second-order valence-electron chi connectivity index (χ2n) is 2.69. The van der Waals surface area contributed by atoms with Crippen molar-refractivity contribution in [1.82, 2.24) is 0 Å². The number of benzene rings is 1. The zero-order valence-corrected chi connectivity index (χ0v) is 8.07. The van der Waals surface area contributed by atoms with Crippen molar-refractivity contribution in [1.29, 1.82) is 0 Å². The van der Waals surface area contributed by atoms with Crippen LogP contribution in [0, 0.1) is 0 Å². The zero-order chi connectivity index (χ0) is 10.6. The molecule has 1 atom stereocenters. The number of carbonyl (C=O) groups is 1. The molecule has 3 N–H and O–H groups in total. The van der Waals surface area contributed by atoms with Gasteiger partial charge in [0.1, 0.15) is 18.4 Å². The monoisotopic (exact) mass is 215 g/mol. The first kappa shape index (κ1) is 10.8. The Morgan fingerprint density at radius 3 is 2.79 bits per heavy atom. The lowest BCUT2D eigenvalue weighted by atomic mass is 10.3. The van der Waals surface area contributed by atoms with Crippen molar-refractivity contribution in [3.8, 4) is 5.75 Å². The van der Waals surface area contributed by atoms with E-state index < -0.39 is 12.0 Å². The number of nitrogens with two attached hydrogens (primary N) is 1. The highest BCUT2D eigenvalue weighted by Crippen LogP contribution is 2.22. The van der Waals surface area contributed by atoms with Gasteiger partial charge in [-0.2, -0.15) is 0 Å². The molecule has 0 aliphatic rings. The summed E-state index contributed by atoms with van der Waals surface area (Å²) in [7, 11) is 0. The van der Waals surface area contributed by atoms with Gasteiger partial charge in [0.05, 0.1) is 5.02 Å². The lowest BCUT2D eigenvalue weighted by Gasteiger charge is -2.09. The summed E-state index contributed by atoms with van der Waals surface area (Å²) in [6, 6.07) is 5.77. The Hall–Kier alpha value is -1.26. The van der Waals surface area contributed by atoms with Gasteiger partial charge in [-0.25, -0.2) is 0 Å². The largest absolute Gasteiger partial charge is 0.490 e. The third-order valence-electron chi connectivity index (χ3n) is 1.57. The van der Waals surface area contributed by atoms with Crippen LogP contribution in [-0.4, -0.2) is 23.7 Å². The Morgan fingerprint density at radius 1 is 1.57 bits per heavy atom. The number of para-hydroxylation sites is 1. The minimum absolute atomic E-state index is 0.0981. The van der Waals surface area contributed by atoms with E-state index in [-0.39, 0.29) is 6.61 Å². The van der Waals surface area contributed by atoms with Crippen LogP contribution in [0.15, 0.2) is 24.3 Å². The molecule has 1 aromatic rings. The molecule has 0 aromatic heterocycles. The summed E-state index contributed by atoms with van der Waals surface area (Å²) in [5.41, 5.74) is 5.25. The summed E-state index contributed by atoms with van der Waals surface area (Å²) < 4.78 is 5.12. The Kier molecular flexibility index (Phi) is 3.73. The van der Waals surface area contributed by atoms with E-state index in [0.717, 1.165) is 0 Å². The van der Waals surface area contributed by atoms with E-state index in [1.807, 2.05) is 0 Å². The summed E-state index contributed by atoms with van der Waals surface area (Å²) >= 11 is 5.77. The van der Waals surface area contributed by atoms with Crippen LogP contribution < -0.4 is 10.5 Å². The van der Waals surface area contributed by atoms with Crippen LogP contribution in [0.2, 0.25) is 5.02 Å². The van der Waals surface area contributed by atoms with Crippen LogP contribution in [0.3, 0.4) is 0 Å². The van der Waals surface area contributed by atoms with Crippen molar-refractivity contribution < 1.29 is 14.6 Å². The highest BCUT2D eigenvalue weighted by molar-refractivity contribution is 6.32. The SMILES string of the molecule is N[C@@H](COc1ccccc1Cl)C(=O)O. The average Bonchev–Trinajstić information content (AvgIpc) is 2.16. The maximum Gasteiger partial charge on any atom is 0.324 e. The molecular formula is C9H10ClNO3. The molecule has 14 heavy (non-hydrogen) atoms. The molecule has 0 amide bonds. The second-order valence-corrected chi connectivity index (χ2v) is 3.09. The number of hydrogen-bond acceptors (Lipinski definition) is 3. The molecule has 0 fully saturated rings. The Bertz CT molecular complexity index is 330.